The Morgan fingerprint density at radius 1 is 0.909 bits per heavy atom. The smallest absolute Gasteiger partial charge is 0.127 e. The molecule has 0 radical (unpaired) electrons. The van der Waals surface area contributed by atoms with Gasteiger partial charge in [0.15, 0.2) is 0 Å². The molecule has 3 nitrogen and oxygen atoms in total. The molecule has 0 aliphatic heterocycles. The van der Waals surface area contributed by atoms with Gasteiger partial charge in [-0.25, -0.2) is 0 Å². The Morgan fingerprint density at radius 3 is 2.45 bits per heavy atom. The molecule has 0 spiro atoms. The molecule has 0 saturated heterocycles. The van der Waals surface area contributed by atoms with Crippen molar-refractivity contribution in [1.82, 2.24) is 4.57 Å². The third kappa shape index (κ3) is 3.44. The van der Waals surface area contributed by atoms with Gasteiger partial charge < -0.3 is 9.30 Å². The lowest BCUT2D eigenvalue weighted by Gasteiger charge is -2.10. The summed E-state index contributed by atoms with van der Waals surface area (Å²) in [6.07, 6.45) is 1.95. The van der Waals surface area contributed by atoms with Gasteiger partial charge in [0, 0.05) is 12.7 Å². The van der Waals surface area contributed by atoms with Gasteiger partial charge in [-0.15, -0.1) is 0 Å². The van der Waals surface area contributed by atoms with E-state index in [4.69, 9.17) is 10.1 Å². The molecular weight excluding hydrogens is 272 g/mol. The molecule has 0 amide bonds. The highest BCUT2D eigenvalue weighted by molar-refractivity contribution is 5.34. The summed E-state index contributed by atoms with van der Waals surface area (Å²) < 4.78 is 7.76. The van der Waals surface area contributed by atoms with Crippen LogP contribution in [0.1, 0.15) is 11.1 Å². The average Bonchev–Trinajstić information content (AvgIpc) is 2.52. The minimum Gasteiger partial charge on any atom is -0.457 e. The third-order valence-corrected chi connectivity index (χ3v) is 3.42. The Bertz CT molecular complexity index is 822. The number of rotatable bonds is 4. The molecule has 3 heteroatoms. The van der Waals surface area contributed by atoms with E-state index < -0.39 is 0 Å². The van der Waals surface area contributed by atoms with Crippen LogP contribution in [-0.2, 0) is 6.54 Å². The average molecular weight is 290 g/mol. The zero-order valence-electron chi connectivity index (χ0n) is 12.5. The first-order valence-electron chi connectivity index (χ1n) is 7.24. The molecule has 1 aromatic heterocycles. The number of ether oxygens (including phenoxy) is 1. The molecule has 0 unspecified atom stereocenters. The molecule has 22 heavy (non-hydrogen) atoms. The fourth-order valence-electron chi connectivity index (χ4n) is 2.30. The van der Waals surface area contributed by atoms with E-state index in [0.29, 0.717) is 12.0 Å². The monoisotopic (exact) mass is 290 g/mol. The number of hydrogen-bond acceptors (Lipinski definition) is 2. The predicted molar refractivity (Wildman–Crippen MR) is 87.1 cm³/mol. The van der Waals surface area contributed by atoms with Crippen LogP contribution in [0.4, 0.5) is 0 Å². The number of nitrogens with one attached hydrogen (secondary N) is 1. The Balaban J connectivity index is 1.80. The van der Waals surface area contributed by atoms with E-state index in [-0.39, 0.29) is 0 Å². The minimum atomic E-state index is 0.509. The molecule has 0 aliphatic carbocycles. The SMILES string of the molecule is Cc1ccn(Cc2cccc(Oc3ccccc3)c2)c(=N)c1. The maximum Gasteiger partial charge on any atom is 0.127 e. The second-order valence-corrected chi connectivity index (χ2v) is 5.28. The van der Waals surface area contributed by atoms with Crippen LogP contribution < -0.4 is 10.2 Å². The standard InChI is InChI=1S/C19H18N2O/c1-15-10-11-21(19(20)12-15)14-16-6-5-9-18(13-16)22-17-7-3-2-4-8-17/h2-13,20H,14H2,1H3. The van der Waals surface area contributed by atoms with E-state index in [0.717, 1.165) is 22.6 Å². The van der Waals surface area contributed by atoms with Gasteiger partial charge >= 0.3 is 0 Å². The molecule has 1 heterocycles. The fraction of sp³-hybridized carbons (Fsp3) is 0.105. The highest BCUT2D eigenvalue weighted by Gasteiger charge is 2.01. The number of benzene rings is 2. The zero-order valence-corrected chi connectivity index (χ0v) is 12.5. The van der Waals surface area contributed by atoms with Crippen molar-refractivity contribution in [3.8, 4) is 11.5 Å². The number of nitrogens with zero attached hydrogens (tertiary/aromatic N) is 1. The van der Waals surface area contributed by atoms with Gasteiger partial charge in [0.05, 0.1) is 0 Å². The quantitative estimate of drug-likeness (QED) is 0.771. The molecule has 0 atom stereocenters. The molecule has 3 rings (SSSR count). The van der Waals surface area contributed by atoms with Crippen LogP contribution in [0, 0.1) is 12.3 Å². The first kappa shape index (κ1) is 14.1. The minimum absolute atomic E-state index is 0.509. The zero-order chi connectivity index (χ0) is 15.4. The van der Waals surface area contributed by atoms with E-state index in [1.807, 2.05) is 84.4 Å². The van der Waals surface area contributed by atoms with Gasteiger partial charge in [-0.05, 0) is 54.4 Å². The highest BCUT2D eigenvalue weighted by Crippen LogP contribution is 2.22. The first-order chi connectivity index (χ1) is 10.7. The topological polar surface area (TPSA) is 38.0 Å². The Hall–Kier alpha value is -2.81. The summed E-state index contributed by atoms with van der Waals surface area (Å²) in [7, 11) is 0. The van der Waals surface area contributed by atoms with Crippen molar-refractivity contribution in [2.24, 2.45) is 0 Å². The summed E-state index contributed by atoms with van der Waals surface area (Å²) in [5, 5.41) is 8.03. The summed E-state index contributed by atoms with van der Waals surface area (Å²) >= 11 is 0. The van der Waals surface area contributed by atoms with Crippen LogP contribution in [0.3, 0.4) is 0 Å². The summed E-state index contributed by atoms with van der Waals surface area (Å²) in [4.78, 5) is 0. The lowest BCUT2D eigenvalue weighted by molar-refractivity contribution is 0.481. The summed E-state index contributed by atoms with van der Waals surface area (Å²) in [6.45, 7) is 2.65. The van der Waals surface area contributed by atoms with Crippen LogP contribution in [0.25, 0.3) is 0 Å². The van der Waals surface area contributed by atoms with Crippen molar-refractivity contribution >= 4 is 0 Å². The summed E-state index contributed by atoms with van der Waals surface area (Å²) in [6, 6.07) is 21.6. The maximum absolute atomic E-state index is 8.03. The van der Waals surface area contributed by atoms with Gasteiger partial charge in [0.25, 0.3) is 0 Å². The van der Waals surface area contributed by atoms with Crippen molar-refractivity contribution in [2.75, 3.05) is 0 Å². The molecule has 0 fully saturated rings. The van der Waals surface area contributed by atoms with Crippen molar-refractivity contribution in [3.05, 3.63) is 89.5 Å². The number of aryl methyl sites for hydroxylation is 1. The number of pyridine rings is 1. The lowest BCUT2D eigenvalue weighted by Crippen LogP contribution is -2.19. The molecule has 1 N–H and O–H groups in total. The Morgan fingerprint density at radius 2 is 1.68 bits per heavy atom. The molecule has 3 aromatic rings. The van der Waals surface area contributed by atoms with Gasteiger partial charge in [0.1, 0.15) is 17.0 Å². The molecule has 110 valence electrons. The van der Waals surface area contributed by atoms with Crippen molar-refractivity contribution in [3.63, 3.8) is 0 Å². The van der Waals surface area contributed by atoms with E-state index in [1.165, 1.54) is 0 Å². The summed E-state index contributed by atoms with van der Waals surface area (Å²) in [5.74, 6) is 1.63. The van der Waals surface area contributed by atoms with E-state index >= 15 is 0 Å². The van der Waals surface area contributed by atoms with E-state index in [2.05, 4.69) is 0 Å². The fourth-order valence-corrected chi connectivity index (χ4v) is 2.30. The van der Waals surface area contributed by atoms with Gasteiger partial charge in [-0.3, -0.25) is 5.41 Å². The molecule has 0 saturated carbocycles. The van der Waals surface area contributed by atoms with Crippen molar-refractivity contribution in [1.29, 1.82) is 5.41 Å². The van der Waals surface area contributed by atoms with Gasteiger partial charge in [-0.1, -0.05) is 30.3 Å². The first-order valence-corrected chi connectivity index (χ1v) is 7.24. The Kier molecular flexibility index (Phi) is 4.05. The Labute approximate surface area is 130 Å². The predicted octanol–water partition coefficient (Wildman–Crippen LogP) is 4.12. The third-order valence-electron chi connectivity index (χ3n) is 3.42. The van der Waals surface area contributed by atoms with Crippen LogP contribution in [-0.4, -0.2) is 4.57 Å². The van der Waals surface area contributed by atoms with E-state index in [1.54, 1.807) is 0 Å². The van der Waals surface area contributed by atoms with Crippen molar-refractivity contribution < 1.29 is 4.74 Å². The van der Waals surface area contributed by atoms with Crippen LogP contribution in [0.2, 0.25) is 0 Å². The second-order valence-electron chi connectivity index (χ2n) is 5.28. The van der Waals surface area contributed by atoms with Gasteiger partial charge in [-0.2, -0.15) is 0 Å². The lowest BCUT2D eigenvalue weighted by atomic mass is 10.2. The second kappa shape index (κ2) is 6.31. The molecule has 0 bridgehead atoms. The number of hydrogen-bond donors (Lipinski definition) is 1. The van der Waals surface area contributed by atoms with Crippen molar-refractivity contribution in [2.45, 2.75) is 13.5 Å². The van der Waals surface area contributed by atoms with Crippen LogP contribution >= 0.6 is 0 Å². The molecule has 0 aliphatic rings. The highest BCUT2D eigenvalue weighted by atomic mass is 16.5. The summed E-state index contributed by atoms with van der Waals surface area (Å²) in [5.41, 5.74) is 2.72. The number of para-hydroxylation sites is 1. The molecule has 2 aromatic carbocycles. The molecular formula is C19H18N2O. The van der Waals surface area contributed by atoms with Crippen LogP contribution in [0.5, 0.6) is 11.5 Å². The maximum atomic E-state index is 8.03. The normalized spacial score (nSPS) is 10.4. The number of aromatic nitrogens is 1. The van der Waals surface area contributed by atoms with Crippen LogP contribution in [0.15, 0.2) is 72.9 Å². The van der Waals surface area contributed by atoms with Gasteiger partial charge in [0.2, 0.25) is 0 Å². The largest absolute Gasteiger partial charge is 0.457 e. The van der Waals surface area contributed by atoms with E-state index in [9.17, 15) is 0 Å².